The highest BCUT2D eigenvalue weighted by Crippen LogP contribution is 2.26. The number of benzene rings is 1. The molecule has 5 nitrogen and oxygen atoms in total. The van der Waals surface area contributed by atoms with Crippen LogP contribution >= 0.6 is 0 Å². The minimum atomic E-state index is -4.09. The van der Waals surface area contributed by atoms with E-state index in [0.29, 0.717) is 25.3 Å². The second-order valence-corrected chi connectivity index (χ2v) is 7.35. The summed E-state index contributed by atoms with van der Waals surface area (Å²) in [5, 5.41) is 0. The number of carbonyl (C=O) groups is 1. The van der Waals surface area contributed by atoms with Crippen LogP contribution < -0.4 is 5.73 Å². The van der Waals surface area contributed by atoms with E-state index < -0.39 is 32.5 Å². The summed E-state index contributed by atoms with van der Waals surface area (Å²) in [6.45, 7) is 0.379. The third-order valence-electron chi connectivity index (χ3n) is 3.81. The van der Waals surface area contributed by atoms with Crippen LogP contribution in [0.3, 0.4) is 0 Å². The van der Waals surface area contributed by atoms with Crippen molar-refractivity contribution in [2.24, 2.45) is 11.7 Å². The standard InChI is InChI=1S/C14H18F2N2O3S/c15-11-3-4-12(16)13(9-11)22(20,21)18-6-1-2-10(5-7-18)8-14(17)19/h3-4,9-10H,1-2,5-8H2,(H2,17,19). The third kappa shape index (κ3) is 3.80. The number of halogens is 2. The van der Waals surface area contributed by atoms with Gasteiger partial charge >= 0.3 is 0 Å². The number of nitrogens with zero attached hydrogens (tertiary/aromatic N) is 1. The van der Waals surface area contributed by atoms with E-state index in [9.17, 15) is 22.0 Å². The Kier molecular flexibility index (Phi) is 5.12. The molecule has 1 heterocycles. The van der Waals surface area contributed by atoms with E-state index in [1.807, 2.05) is 0 Å². The highest BCUT2D eigenvalue weighted by molar-refractivity contribution is 7.89. The zero-order valence-corrected chi connectivity index (χ0v) is 12.8. The van der Waals surface area contributed by atoms with Gasteiger partial charge in [0.1, 0.15) is 16.5 Å². The number of sulfonamides is 1. The first kappa shape index (κ1) is 16.8. The Morgan fingerprint density at radius 3 is 2.68 bits per heavy atom. The van der Waals surface area contributed by atoms with Crippen molar-refractivity contribution < 1.29 is 22.0 Å². The van der Waals surface area contributed by atoms with E-state index in [4.69, 9.17) is 5.73 Å². The van der Waals surface area contributed by atoms with Crippen molar-refractivity contribution in [1.82, 2.24) is 4.31 Å². The molecule has 0 aliphatic carbocycles. The van der Waals surface area contributed by atoms with E-state index in [2.05, 4.69) is 0 Å². The minimum Gasteiger partial charge on any atom is -0.370 e. The number of hydrogen-bond acceptors (Lipinski definition) is 3. The van der Waals surface area contributed by atoms with Crippen LogP contribution in [0.15, 0.2) is 23.1 Å². The van der Waals surface area contributed by atoms with Crippen molar-refractivity contribution in [3.05, 3.63) is 29.8 Å². The van der Waals surface area contributed by atoms with Crippen molar-refractivity contribution in [2.45, 2.75) is 30.6 Å². The fourth-order valence-electron chi connectivity index (χ4n) is 2.68. The molecule has 8 heteroatoms. The van der Waals surface area contributed by atoms with Gasteiger partial charge in [-0.05, 0) is 43.4 Å². The van der Waals surface area contributed by atoms with Gasteiger partial charge in [-0.2, -0.15) is 4.31 Å². The molecule has 1 saturated heterocycles. The maximum absolute atomic E-state index is 13.7. The molecule has 1 amide bonds. The number of nitrogens with two attached hydrogens (primary N) is 1. The van der Waals surface area contributed by atoms with Crippen molar-refractivity contribution in [1.29, 1.82) is 0 Å². The molecule has 0 bridgehead atoms. The molecule has 1 aliphatic heterocycles. The van der Waals surface area contributed by atoms with Crippen LogP contribution in [-0.2, 0) is 14.8 Å². The van der Waals surface area contributed by atoms with Crippen LogP contribution in [0.5, 0.6) is 0 Å². The molecule has 122 valence electrons. The third-order valence-corrected chi connectivity index (χ3v) is 5.72. The Bertz CT molecular complexity index is 664. The molecule has 1 unspecified atom stereocenters. The van der Waals surface area contributed by atoms with E-state index in [-0.39, 0.29) is 25.4 Å². The number of primary amides is 1. The predicted octanol–water partition coefficient (Wildman–Crippen LogP) is 1.63. The molecule has 0 radical (unpaired) electrons. The molecule has 22 heavy (non-hydrogen) atoms. The molecule has 2 rings (SSSR count). The van der Waals surface area contributed by atoms with E-state index in [1.165, 1.54) is 0 Å². The summed E-state index contributed by atoms with van der Waals surface area (Å²) < 4.78 is 53.1. The largest absolute Gasteiger partial charge is 0.370 e. The molecule has 2 N–H and O–H groups in total. The van der Waals surface area contributed by atoms with Crippen LogP contribution in [0.25, 0.3) is 0 Å². The summed E-state index contributed by atoms with van der Waals surface area (Å²) in [5.41, 5.74) is 5.16. The summed E-state index contributed by atoms with van der Waals surface area (Å²) in [5.74, 6) is -2.17. The maximum atomic E-state index is 13.7. The van der Waals surface area contributed by atoms with E-state index in [1.54, 1.807) is 0 Å². The fourth-order valence-corrected chi connectivity index (χ4v) is 4.25. The van der Waals surface area contributed by atoms with Gasteiger partial charge in [0.05, 0.1) is 0 Å². The van der Waals surface area contributed by atoms with Gasteiger partial charge < -0.3 is 5.73 Å². The zero-order chi connectivity index (χ0) is 16.3. The normalized spacial score (nSPS) is 20.5. The number of hydrogen-bond donors (Lipinski definition) is 1. The molecule has 1 aromatic rings. The predicted molar refractivity (Wildman–Crippen MR) is 76.3 cm³/mol. The van der Waals surface area contributed by atoms with Gasteiger partial charge in [0, 0.05) is 19.5 Å². The van der Waals surface area contributed by atoms with Crippen molar-refractivity contribution in [2.75, 3.05) is 13.1 Å². The van der Waals surface area contributed by atoms with Gasteiger partial charge in [0.25, 0.3) is 0 Å². The first-order valence-corrected chi connectivity index (χ1v) is 8.48. The molecular formula is C14H18F2N2O3S. The molecule has 0 saturated carbocycles. The Balaban J connectivity index is 2.19. The second-order valence-electron chi connectivity index (χ2n) is 5.45. The summed E-state index contributed by atoms with van der Waals surface area (Å²) in [7, 11) is -4.09. The number of rotatable bonds is 4. The molecule has 0 aromatic heterocycles. The summed E-state index contributed by atoms with van der Waals surface area (Å²) >= 11 is 0. The lowest BCUT2D eigenvalue weighted by Gasteiger charge is -2.20. The smallest absolute Gasteiger partial charge is 0.246 e. The quantitative estimate of drug-likeness (QED) is 0.910. The Labute approximate surface area is 128 Å². The molecule has 0 spiro atoms. The van der Waals surface area contributed by atoms with Crippen molar-refractivity contribution in [3.8, 4) is 0 Å². The SMILES string of the molecule is NC(=O)CC1CCCN(S(=O)(=O)c2cc(F)ccc2F)CC1. The van der Waals surface area contributed by atoms with E-state index >= 15 is 0 Å². The Morgan fingerprint density at radius 1 is 1.27 bits per heavy atom. The summed E-state index contributed by atoms with van der Waals surface area (Å²) in [6, 6.07) is 2.37. The van der Waals surface area contributed by atoms with Crippen LogP contribution in [0.2, 0.25) is 0 Å². The molecular weight excluding hydrogens is 314 g/mol. The van der Waals surface area contributed by atoms with Gasteiger partial charge in [-0.3, -0.25) is 4.79 Å². The van der Waals surface area contributed by atoms with Gasteiger partial charge in [-0.1, -0.05) is 0 Å². The van der Waals surface area contributed by atoms with Crippen molar-refractivity contribution in [3.63, 3.8) is 0 Å². The molecule has 1 aliphatic rings. The lowest BCUT2D eigenvalue weighted by Crippen LogP contribution is -2.32. The molecule has 1 aromatic carbocycles. The lowest BCUT2D eigenvalue weighted by atomic mass is 9.97. The average molecular weight is 332 g/mol. The number of amides is 1. The molecule has 1 atom stereocenters. The lowest BCUT2D eigenvalue weighted by molar-refractivity contribution is -0.119. The Hall–Kier alpha value is -1.54. The second kappa shape index (κ2) is 6.70. The first-order valence-electron chi connectivity index (χ1n) is 7.04. The average Bonchev–Trinajstić information content (AvgIpc) is 2.66. The van der Waals surface area contributed by atoms with Crippen LogP contribution in [0.4, 0.5) is 8.78 Å². The number of carbonyl (C=O) groups excluding carboxylic acids is 1. The van der Waals surface area contributed by atoms with Gasteiger partial charge in [0.15, 0.2) is 0 Å². The first-order chi connectivity index (χ1) is 10.3. The van der Waals surface area contributed by atoms with Gasteiger partial charge in [-0.15, -0.1) is 0 Å². The Morgan fingerprint density at radius 2 is 2.00 bits per heavy atom. The van der Waals surface area contributed by atoms with Crippen molar-refractivity contribution >= 4 is 15.9 Å². The highest BCUT2D eigenvalue weighted by atomic mass is 32.2. The topological polar surface area (TPSA) is 80.5 Å². The maximum Gasteiger partial charge on any atom is 0.246 e. The summed E-state index contributed by atoms with van der Waals surface area (Å²) in [4.78, 5) is 10.3. The summed E-state index contributed by atoms with van der Waals surface area (Å²) in [6.07, 6.45) is 1.91. The fraction of sp³-hybridized carbons (Fsp3) is 0.500. The van der Waals surface area contributed by atoms with Crippen LogP contribution in [0, 0.1) is 17.6 Å². The van der Waals surface area contributed by atoms with E-state index in [0.717, 1.165) is 16.4 Å². The van der Waals surface area contributed by atoms with Crippen LogP contribution in [0.1, 0.15) is 25.7 Å². The molecule has 1 fully saturated rings. The highest BCUT2D eigenvalue weighted by Gasteiger charge is 2.30. The monoisotopic (exact) mass is 332 g/mol. The minimum absolute atomic E-state index is 0.0232. The van der Waals surface area contributed by atoms with Crippen LogP contribution in [-0.4, -0.2) is 31.7 Å². The zero-order valence-electron chi connectivity index (χ0n) is 12.0. The van der Waals surface area contributed by atoms with Gasteiger partial charge in [0.2, 0.25) is 15.9 Å². The van der Waals surface area contributed by atoms with Gasteiger partial charge in [-0.25, -0.2) is 17.2 Å².